The first-order valence-electron chi connectivity index (χ1n) is 19.6. The average Bonchev–Trinajstić information content (AvgIpc) is 3.01. The summed E-state index contributed by atoms with van der Waals surface area (Å²) in [5.41, 5.74) is 0. The van der Waals surface area contributed by atoms with Crippen molar-refractivity contribution in [3.63, 3.8) is 0 Å². The average molecular weight is 671 g/mol. The first-order valence-corrected chi connectivity index (χ1v) is 19.6. The van der Waals surface area contributed by atoms with E-state index in [1.54, 1.807) is 0 Å². The van der Waals surface area contributed by atoms with Crippen molar-refractivity contribution in [1.29, 1.82) is 0 Å². The van der Waals surface area contributed by atoms with Crippen LogP contribution in [-0.4, -0.2) is 80.6 Å². The van der Waals surface area contributed by atoms with Crippen molar-refractivity contribution in [3.8, 4) is 0 Å². The third-order valence-electron chi connectivity index (χ3n) is 9.01. The van der Waals surface area contributed by atoms with Gasteiger partial charge < -0.3 is 23.8 Å². The van der Waals surface area contributed by atoms with Crippen molar-refractivity contribution < 1.29 is 38.2 Å². The third-order valence-corrected chi connectivity index (χ3v) is 9.01. The molecule has 0 radical (unpaired) electrons. The molecule has 0 aliphatic rings. The second kappa shape index (κ2) is 31.6. The Morgan fingerprint density at radius 2 is 0.936 bits per heavy atom. The molecule has 2 unspecified atom stereocenters. The van der Waals surface area contributed by atoms with E-state index in [-0.39, 0.29) is 36.2 Å². The lowest BCUT2D eigenvalue weighted by Crippen LogP contribution is -2.50. The molecule has 0 aromatic carbocycles. The van der Waals surface area contributed by atoms with Gasteiger partial charge in [-0.3, -0.25) is 9.59 Å². The van der Waals surface area contributed by atoms with E-state index in [0.29, 0.717) is 19.3 Å². The number of likely N-dealkylation sites (N-methyl/N-ethyl adjacent to an activating group) is 1. The monoisotopic (exact) mass is 671 g/mol. The minimum absolute atomic E-state index is 0.0480. The summed E-state index contributed by atoms with van der Waals surface area (Å²) in [7, 11) is 5.51. The van der Waals surface area contributed by atoms with E-state index in [4.69, 9.17) is 14.2 Å². The van der Waals surface area contributed by atoms with Gasteiger partial charge in [0.2, 0.25) is 0 Å². The highest BCUT2D eigenvalue weighted by Crippen LogP contribution is 2.16. The smallest absolute Gasteiger partial charge is 0.362 e. The van der Waals surface area contributed by atoms with E-state index in [0.717, 1.165) is 38.5 Å². The molecule has 0 saturated heterocycles. The SMILES string of the molecule is CCCCCCCCCCCCCCCCCCCCCCC(=O)OC(COCCC(C(=O)O)[N+](C)(C)C)COC(=O)CCCCC. The van der Waals surface area contributed by atoms with Gasteiger partial charge in [-0.15, -0.1) is 0 Å². The van der Waals surface area contributed by atoms with Crippen LogP contribution in [0, 0.1) is 0 Å². The number of unbranched alkanes of at least 4 members (excludes halogenated alkanes) is 21. The maximum atomic E-state index is 12.6. The van der Waals surface area contributed by atoms with Crippen molar-refractivity contribution in [1.82, 2.24) is 0 Å². The molecule has 0 aromatic rings. The zero-order valence-corrected chi connectivity index (χ0v) is 31.5. The van der Waals surface area contributed by atoms with Crippen molar-refractivity contribution in [2.24, 2.45) is 0 Å². The number of aliphatic carboxylic acids is 1. The molecule has 0 fully saturated rings. The lowest BCUT2D eigenvalue weighted by atomic mass is 10.0. The predicted octanol–water partition coefficient (Wildman–Crippen LogP) is 9.80. The Balaban J connectivity index is 4.03. The van der Waals surface area contributed by atoms with Gasteiger partial charge in [-0.1, -0.05) is 149 Å². The van der Waals surface area contributed by atoms with Gasteiger partial charge in [0, 0.05) is 19.3 Å². The predicted molar refractivity (Wildman–Crippen MR) is 193 cm³/mol. The van der Waals surface area contributed by atoms with Crippen LogP contribution in [0.3, 0.4) is 0 Å². The highest BCUT2D eigenvalue weighted by molar-refractivity contribution is 5.72. The number of hydrogen-bond donors (Lipinski definition) is 1. The number of ether oxygens (including phenoxy) is 3. The minimum Gasteiger partial charge on any atom is -0.477 e. The summed E-state index contributed by atoms with van der Waals surface area (Å²) >= 11 is 0. The maximum Gasteiger partial charge on any atom is 0.362 e. The molecule has 0 spiro atoms. The lowest BCUT2D eigenvalue weighted by Gasteiger charge is -2.31. The fourth-order valence-electron chi connectivity index (χ4n) is 5.91. The molecule has 0 aromatic heterocycles. The molecule has 8 heteroatoms. The number of carboxylic acids is 1. The Kier molecular flexibility index (Phi) is 30.5. The minimum atomic E-state index is -0.875. The molecular formula is C39H76NO7+. The van der Waals surface area contributed by atoms with Crippen LogP contribution < -0.4 is 0 Å². The molecule has 0 aliphatic carbocycles. The van der Waals surface area contributed by atoms with Crippen molar-refractivity contribution >= 4 is 17.9 Å². The summed E-state index contributed by atoms with van der Waals surface area (Å²) in [6.07, 6.45) is 29.3. The molecule has 278 valence electrons. The summed E-state index contributed by atoms with van der Waals surface area (Å²) in [6.45, 7) is 4.59. The van der Waals surface area contributed by atoms with Crippen LogP contribution in [0.4, 0.5) is 0 Å². The number of carbonyl (C=O) groups excluding carboxylic acids is 2. The van der Waals surface area contributed by atoms with Crippen LogP contribution >= 0.6 is 0 Å². The zero-order chi connectivity index (χ0) is 35.0. The molecule has 2 atom stereocenters. The first-order chi connectivity index (χ1) is 22.6. The van der Waals surface area contributed by atoms with E-state index in [1.165, 1.54) is 109 Å². The van der Waals surface area contributed by atoms with E-state index >= 15 is 0 Å². The summed E-state index contributed by atoms with van der Waals surface area (Å²) < 4.78 is 17.0. The second-order valence-corrected chi connectivity index (χ2v) is 14.6. The Hall–Kier alpha value is -1.67. The topological polar surface area (TPSA) is 99.1 Å². The highest BCUT2D eigenvalue weighted by atomic mass is 16.6. The molecule has 1 N–H and O–H groups in total. The van der Waals surface area contributed by atoms with Crippen molar-refractivity contribution in [2.75, 3.05) is 41.0 Å². The summed E-state index contributed by atoms with van der Waals surface area (Å²) in [5, 5.41) is 9.53. The molecule has 0 bridgehead atoms. The number of carboxylic acid groups (broad SMARTS) is 1. The number of quaternary nitrogens is 1. The molecule has 47 heavy (non-hydrogen) atoms. The molecular weight excluding hydrogens is 594 g/mol. The van der Waals surface area contributed by atoms with Gasteiger partial charge in [-0.25, -0.2) is 4.79 Å². The summed E-state index contributed by atoms with van der Waals surface area (Å²) in [4.78, 5) is 36.3. The van der Waals surface area contributed by atoms with Crippen LogP contribution in [0.1, 0.15) is 181 Å². The zero-order valence-electron chi connectivity index (χ0n) is 31.5. The van der Waals surface area contributed by atoms with Gasteiger partial charge in [0.05, 0.1) is 34.4 Å². The standard InChI is InChI=1S/C39H75NO7/c1-6-8-10-11-12-13-14-15-16-17-18-19-20-21-22-23-24-25-26-28-30-38(42)47-35(34-46-37(41)29-27-9-7-2)33-45-32-31-36(39(43)44)40(3,4)5/h35-36H,6-34H2,1-5H3/p+1. The Morgan fingerprint density at radius 1 is 0.553 bits per heavy atom. The number of esters is 2. The van der Waals surface area contributed by atoms with E-state index < -0.39 is 18.1 Å². The molecule has 0 amide bonds. The highest BCUT2D eigenvalue weighted by Gasteiger charge is 2.31. The van der Waals surface area contributed by atoms with Gasteiger partial charge in [-0.2, -0.15) is 0 Å². The molecule has 0 aliphatic heterocycles. The summed E-state index contributed by atoms with van der Waals surface area (Å²) in [5.74, 6) is -1.48. The van der Waals surface area contributed by atoms with Gasteiger partial charge in [0.1, 0.15) is 6.61 Å². The Morgan fingerprint density at radius 3 is 1.36 bits per heavy atom. The molecule has 8 nitrogen and oxygen atoms in total. The van der Waals surface area contributed by atoms with Gasteiger partial charge in [0.25, 0.3) is 0 Å². The number of hydrogen-bond acceptors (Lipinski definition) is 6. The molecule has 0 rings (SSSR count). The Labute approximate surface area is 289 Å². The van der Waals surface area contributed by atoms with Gasteiger partial charge in [0.15, 0.2) is 12.1 Å². The van der Waals surface area contributed by atoms with E-state index in [1.807, 2.05) is 21.1 Å². The second-order valence-electron chi connectivity index (χ2n) is 14.6. The molecule has 0 heterocycles. The van der Waals surface area contributed by atoms with E-state index in [9.17, 15) is 19.5 Å². The van der Waals surface area contributed by atoms with Crippen molar-refractivity contribution in [2.45, 2.75) is 193 Å². The van der Waals surface area contributed by atoms with Crippen LogP contribution in [0.2, 0.25) is 0 Å². The van der Waals surface area contributed by atoms with Crippen molar-refractivity contribution in [3.05, 3.63) is 0 Å². The van der Waals surface area contributed by atoms with Crippen LogP contribution in [0.25, 0.3) is 0 Å². The van der Waals surface area contributed by atoms with Crippen LogP contribution in [0.15, 0.2) is 0 Å². The fraction of sp³-hybridized carbons (Fsp3) is 0.923. The number of nitrogens with zero attached hydrogens (tertiary/aromatic N) is 1. The maximum absolute atomic E-state index is 12.6. The Bertz CT molecular complexity index is 752. The van der Waals surface area contributed by atoms with Gasteiger partial charge in [-0.05, 0) is 12.8 Å². The quantitative estimate of drug-likeness (QED) is 0.0407. The number of rotatable bonds is 35. The van der Waals surface area contributed by atoms with Crippen LogP contribution in [-0.2, 0) is 28.6 Å². The summed E-state index contributed by atoms with van der Waals surface area (Å²) in [6, 6.07) is -0.605. The lowest BCUT2D eigenvalue weighted by molar-refractivity contribution is -0.887. The first kappa shape index (κ1) is 45.3. The van der Waals surface area contributed by atoms with E-state index in [2.05, 4.69) is 13.8 Å². The van der Waals surface area contributed by atoms with Crippen LogP contribution in [0.5, 0.6) is 0 Å². The largest absolute Gasteiger partial charge is 0.477 e. The van der Waals surface area contributed by atoms with Gasteiger partial charge >= 0.3 is 17.9 Å². The third kappa shape index (κ3) is 30.1. The normalized spacial score (nSPS) is 13.0. The molecule has 0 saturated carbocycles. The fourth-order valence-corrected chi connectivity index (χ4v) is 5.91. The number of carbonyl (C=O) groups is 3.